The molecule has 0 bridgehead atoms. The first-order valence-electron chi connectivity index (χ1n) is 2.73. The zero-order valence-corrected chi connectivity index (χ0v) is 6.04. The van der Waals surface area contributed by atoms with Gasteiger partial charge in [0.2, 0.25) is 0 Å². The Labute approximate surface area is 58.9 Å². The third kappa shape index (κ3) is 1.36. The van der Waals surface area contributed by atoms with Crippen molar-refractivity contribution in [2.24, 2.45) is 0 Å². The molecule has 1 aliphatic rings. The van der Waals surface area contributed by atoms with Crippen molar-refractivity contribution in [3.63, 3.8) is 0 Å². The van der Waals surface area contributed by atoms with E-state index in [1.54, 1.807) is 0 Å². The van der Waals surface area contributed by atoms with E-state index < -0.39 is 0 Å². The molecule has 0 aromatic rings. The van der Waals surface area contributed by atoms with Crippen LogP contribution in [0.1, 0.15) is 12.8 Å². The molecule has 1 saturated heterocycles. The minimum Gasteiger partial charge on any atom is -0.210 e. The Kier molecular flexibility index (Phi) is 2.15. The molecule has 0 N–H and O–H groups in total. The third-order valence-corrected chi connectivity index (χ3v) is 1.82. The molecule has 0 saturated carbocycles. The van der Waals surface area contributed by atoms with Gasteiger partial charge in [-0.25, -0.2) is 4.58 Å². The monoisotopic (exact) mass is 152 g/mol. The highest BCUT2D eigenvalue weighted by Gasteiger charge is 2.15. The number of halogens is 2. The van der Waals surface area contributed by atoms with E-state index in [1.165, 1.54) is 12.8 Å². The molecule has 1 rings (SSSR count). The summed E-state index contributed by atoms with van der Waals surface area (Å²) in [6.07, 6.45) is 2.45. The Morgan fingerprint density at radius 2 is 1.62 bits per heavy atom. The molecular weight excluding hydrogens is 145 g/mol. The maximum Gasteiger partial charge on any atom is 0.341 e. The minimum atomic E-state index is 0.419. The summed E-state index contributed by atoms with van der Waals surface area (Å²) in [7, 11) is 0. The Morgan fingerprint density at radius 3 is 1.88 bits per heavy atom. The average Bonchev–Trinajstić information content (AvgIpc) is 2.12. The first-order chi connectivity index (χ1) is 3.80. The topological polar surface area (TPSA) is 3.01 Å². The summed E-state index contributed by atoms with van der Waals surface area (Å²) in [5.41, 5.74) is 0. The van der Waals surface area contributed by atoms with Gasteiger partial charge in [-0.05, 0) is 0 Å². The number of nitrogens with zero attached hydrogens (tertiary/aromatic N) is 1. The molecule has 0 spiro atoms. The quantitative estimate of drug-likeness (QED) is 0.465. The summed E-state index contributed by atoms with van der Waals surface area (Å²) >= 11 is 11.0. The van der Waals surface area contributed by atoms with Crippen LogP contribution in [0, 0.1) is 0 Å². The van der Waals surface area contributed by atoms with Crippen molar-refractivity contribution in [2.75, 3.05) is 13.1 Å². The highest BCUT2D eigenvalue weighted by molar-refractivity contribution is 6.94. The van der Waals surface area contributed by atoms with Gasteiger partial charge in [0.25, 0.3) is 0 Å². The summed E-state index contributed by atoms with van der Waals surface area (Å²) in [5, 5.41) is 0. The van der Waals surface area contributed by atoms with Crippen LogP contribution in [0.2, 0.25) is 0 Å². The Hall–Kier alpha value is 0.250. The molecular formula is C5H8Cl2N+. The Morgan fingerprint density at radius 1 is 1.12 bits per heavy atom. The fourth-order valence-electron chi connectivity index (χ4n) is 0.886. The van der Waals surface area contributed by atoms with Crippen LogP contribution in [0.3, 0.4) is 0 Å². The Bertz CT molecular complexity index is 108. The van der Waals surface area contributed by atoms with Crippen LogP contribution in [0.25, 0.3) is 0 Å². The molecule has 1 aliphatic heterocycles. The zero-order valence-electron chi connectivity index (χ0n) is 4.53. The second kappa shape index (κ2) is 2.70. The van der Waals surface area contributed by atoms with Gasteiger partial charge in [-0.1, -0.05) is 0 Å². The van der Waals surface area contributed by atoms with E-state index in [2.05, 4.69) is 0 Å². The SMILES string of the molecule is ClC(Cl)=[N+]1CCCC1. The third-order valence-electron chi connectivity index (χ3n) is 1.35. The Balaban J connectivity index is 2.58. The van der Waals surface area contributed by atoms with Crippen molar-refractivity contribution in [3.8, 4) is 0 Å². The van der Waals surface area contributed by atoms with E-state index in [1.807, 2.05) is 4.58 Å². The van der Waals surface area contributed by atoms with E-state index in [-0.39, 0.29) is 0 Å². The van der Waals surface area contributed by atoms with Gasteiger partial charge in [-0.2, -0.15) is 0 Å². The minimum absolute atomic E-state index is 0.419. The van der Waals surface area contributed by atoms with Crippen LogP contribution >= 0.6 is 23.2 Å². The molecule has 1 fully saturated rings. The van der Waals surface area contributed by atoms with Crippen molar-refractivity contribution in [2.45, 2.75) is 12.8 Å². The van der Waals surface area contributed by atoms with Crippen molar-refractivity contribution in [1.29, 1.82) is 0 Å². The van der Waals surface area contributed by atoms with Crippen molar-refractivity contribution >= 4 is 27.8 Å². The molecule has 0 atom stereocenters. The maximum atomic E-state index is 5.49. The van der Waals surface area contributed by atoms with Gasteiger partial charge in [0.1, 0.15) is 13.1 Å². The van der Waals surface area contributed by atoms with Gasteiger partial charge in [0.15, 0.2) is 0 Å². The fourth-order valence-corrected chi connectivity index (χ4v) is 1.22. The molecule has 1 heterocycles. The largest absolute Gasteiger partial charge is 0.341 e. The molecule has 0 aliphatic carbocycles. The number of rotatable bonds is 0. The molecule has 0 aromatic carbocycles. The zero-order chi connectivity index (χ0) is 5.98. The van der Waals surface area contributed by atoms with Gasteiger partial charge < -0.3 is 0 Å². The summed E-state index contributed by atoms with van der Waals surface area (Å²) in [6, 6.07) is 0. The summed E-state index contributed by atoms with van der Waals surface area (Å²) in [6.45, 7) is 2.06. The van der Waals surface area contributed by atoms with Crippen LogP contribution in [-0.2, 0) is 0 Å². The second-order valence-corrected chi connectivity index (χ2v) is 2.84. The van der Waals surface area contributed by atoms with Gasteiger partial charge in [-0.15, -0.1) is 0 Å². The fraction of sp³-hybridized carbons (Fsp3) is 0.800. The molecule has 1 nitrogen and oxygen atoms in total. The number of hydrogen-bond donors (Lipinski definition) is 0. The van der Waals surface area contributed by atoms with Crippen LogP contribution in [0.15, 0.2) is 0 Å². The van der Waals surface area contributed by atoms with Crippen LogP contribution in [-0.4, -0.2) is 22.3 Å². The molecule has 3 heteroatoms. The lowest BCUT2D eigenvalue weighted by Gasteiger charge is -1.86. The normalized spacial score (nSPS) is 19.5. The lowest BCUT2D eigenvalue weighted by Crippen LogP contribution is -2.08. The van der Waals surface area contributed by atoms with Gasteiger partial charge >= 0.3 is 4.63 Å². The maximum absolute atomic E-state index is 5.49. The van der Waals surface area contributed by atoms with Crippen LogP contribution < -0.4 is 0 Å². The van der Waals surface area contributed by atoms with Gasteiger partial charge in [-0.3, -0.25) is 0 Å². The van der Waals surface area contributed by atoms with Gasteiger partial charge in [0.05, 0.1) is 0 Å². The molecule has 8 heavy (non-hydrogen) atoms. The predicted octanol–water partition coefficient (Wildman–Crippen LogP) is 1.63. The van der Waals surface area contributed by atoms with Crippen LogP contribution in [0.4, 0.5) is 0 Å². The van der Waals surface area contributed by atoms with Gasteiger partial charge in [0, 0.05) is 36.0 Å². The van der Waals surface area contributed by atoms with Crippen LogP contribution in [0.5, 0.6) is 0 Å². The van der Waals surface area contributed by atoms with Crippen molar-refractivity contribution in [1.82, 2.24) is 0 Å². The summed E-state index contributed by atoms with van der Waals surface area (Å²) < 4.78 is 2.39. The predicted molar refractivity (Wildman–Crippen MR) is 35.9 cm³/mol. The first-order valence-corrected chi connectivity index (χ1v) is 3.49. The second-order valence-electron chi connectivity index (χ2n) is 1.93. The van der Waals surface area contributed by atoms with E-state index in [4.69, 9.17) is 23.2 Å². The molecule has 46 valence electrons. The molecule has 0 amide bonds. The highest BCUT2D eigenvalue weighted by Crippen LogP contribution is 2.04. The van der Waals surface area contributed by atoms with Crippen molar-refractivity contribution < 1.29 is 4.58 Å². The lowest BCUT2D eigenvalue weighted by molar-refractivity contribution is -0.501. The molecule has 0 aromatic heterocycles. The van der Waals surface area contributed by atoms with Crippen molar-refractivity contribution in [3.05, 3.63) is 0 Å². The highest BCUT2D eigenvalue weighted by atomic mass is 35.5. The smallest absolute Gasteiger partial charge is 0.210 e. The molecule has 0 unspecified atom stereocenters. The van der Waals surface area contributed by atoms with E-state index in [9.17, 15) is 0 Å². The number of hydrogen-bond acceptors (Lipinski definition) is 0. The average molecular weight is 153 g/mol. The van der Waals surface area contributed by atoms with E-state index in [0.29, 0.717) is 4.63 Å². The first kappa shape index (κ1) is 6.37. The lowest BCUT2D eigenvalue weighted by atomic mass is 10.4. The summed E-state index contributed by atoms with van der Waals surface area (Å²) in [5.74, 6) is 0. The van der Waals surface area contributed by atoms with E-state index >= 15 is 0 Å². The summed E-state index contributed by atoms with van der Waals surface area (Å²) in [4.78, 5) is 0. The van der Waals surface area contributed by atoms with E-state index in [0.717, 1.165) is 13.1 Å². The standard InChI is InChI=1S/C5H8Cl2N/c6-5(7)8-3-1-2-4-8/h1-4H2/q+1. The molecule has 0 radical (unpaired) electrons.